The summed E-state index contributed by atoms with van der Waals surface area (Å²) in [5.74, 6) is 0.674. The van der Waals surface area contributed by atoms with Crippen molar-refractivity contribution in [2.75, 3.05) is 0 Å². The Bertz CT molecular complexity index is 449. The van der Waals surface area contributed by atoms with E-state index in [2.05, 4.69) is 15.1 Å². The molecule has 2 aromatic rings. The number of halogens is 1. The highest BCUT2D eigenvalue weighted by Crippen LogP contribution is 2.19. The van der Waals surface area contributed by atoms with Crippen LogP contribution < -0.4 is 0 Å². The third kappa shape index (κ3) is 1.27. The van der Waals surface area contributed by atoms with E-state index in [-0.39, 0.29) is 0 Å². The van der Waals surface area contributed by atoms with Gasteiger partial charge < -0.3 is 0 Å². The lowest BCUT2D eigenvalue weighted by atomic mass is 10.4. The van der Waals surface area contributed by atoms with Gasteiger partial charge in [-0.25, -0.2) is 14.6 Å². The second-order valence-corrected chi connectivity index (χ2v) is 3.12. The van der Waals surface area contributed by atoms with Crippen LogP contribution in [-0.4, -0.2) is 19.7 Å². The molecule has 0 amide bonds. The minimum Gasteiger partial charge on any atom is -0.247 e. The van der Waals surface area contributed by atoms with Crippen LogP contribution >= 0.6 is 11.6 Å². The minimum absolute atomic E-state index is 0.474. The average Bonchev–Trinajstić information content (AvgIpc) is 2.47. The summed E-state index contributed by atoms with van der Waals surface area (Å²) in [6.45, 7) is 4.62. The third-order valence-electron chi connectivity index (χ3n) is 1.86. The van der Waals surface area contributed by atoms with Gasteiger partial charge in [0.25, 0.3) is 0 Å². The van der Waals surface area contributed by atoms with Crippen molar-refractivity contribution in [2.24, 2.45) is 0 Å². The maximum absolute atomic E-state index is 5.93. The van der Waals surface area contributed by atoms with E-state index in [0.717, 1.165) is 17.6 Å². The van der Waals surface area contributed by atoms with Gasteiger partial charge in [-0.1, -0.05) is 11.6 Å². The summed E-state index contributed by atoms with van der Waals surface area (Å²) in [5.41, 5.74) is 0.806. The predicted octanol–water partition coefficient (Wildman–Crippen LogP) is 1.81. The number of nitrogens with zero attached hydrogens (tertiary/aromatic N) is 4. The molecule has 0 N–H and O–H groups in total. The largest absolute Gasteiger partial charge is 0.247 e. The standard InChI is InChI=1S/C8H9ClN4/c1-3-13-8-6(4-10-13)7(9)11-5(2)12-8/h4H,3H2,1-2H3. The summed E-state index contributed by atoms with van der Waals surface area (Å²) < 4.78 is 1.80. The van der Waals surface area contributed by atoms with E-state index in [1.807, 2.05) is 13.8 Å². The topological polar surface area (TPSA) is 43.6 Å². The van der Waals surface area contributed by atoms with Gasteiger partial charge >= 0.3 is 0 Å². The minimum atomic E-state index is 0.474. The second-order valence-electron chi connectivity index (χ2n) is 2.76. The zero-order chi connectivity index (χ0) is 9.42. The zero-order valence-corrected chi connectivity index (χ0v) is 8.21. The van der Waals surface area contributed by atoms with Crippen LogP contribution in [0.15, 0.2) is 6.20 Å². The lowest BCUT2D eigenvalue weighted by Crippen LogP contribution is -1.99. The molecule has 4 nitrogen and oxygen atoms in total. The summed E-state index contributed by atoms with van der Waals surface area (Å²) in [6, 6.07) is 0. The molecular weight excluding hydrogens is 188 g/mol. The normalized spacial score (nSPS) is 11.0. The Morgan fingerprint density at radius 3 is 2.92 bits per heavy atom. The summed E-state index contributed by atoms with van der Waals surface area (Å²) in [6.07, 6.45) is 1.70. The first-order valence-corrected chi connectivity index (χ1v) is 4.46. The number of fused-ring (bicyclic) bond motifs is 1. The van der Waals surface area contributed by atoms with Crippen LogP contribution in [0.1, 0.15) is 12.7 Å². The molecule has 0 saturated heterocycles. The molecule has 0 aliphatic carbocycles. The van der Waals surface area contributed by atoms with Crippen molar-refractivity contribution in [2.45, 2.75) is 20.4 Å². The predicted molar refractivity (Wildman–Crippen MR) is 50.7 cm³/mol. The van der Waals surface area contributed by atoms with E-state index in [0.29, 0.717) is 11.0 Å². The van der Waals surface area contributed by atoms with Crippen molar-refractivity contribution in [1.29, 1.82) is 0 Å². The highest BCUT2D eigenvalue weighted by atomic mass is 35.5. The average molecular weight is 197 g/mol. The molecule has 0 fully saturated rings. The fraction of sp³-hybridized carbons (Fsp3) is 0.375. The first-order valence-electron chi connectivity index (χ1n) is 4.08. The van der Waals surface area contributed by atoms with Gasteiger partial charge in [0.1, 0.15) is 11.0 Å². The molecule has 13 heavy (non-hydrogen) atoms. The second kappa shape index (κ2) is 2.96. The molecule has 0 radical (unpaired) electrons. The maximum Gasteiger partial charge on any atom is 0.162 e. The van der Waals surface area contributed by atoms with Crippen LogP contribution in [0.3, 0.4) is 0 Å². The van der Waals surface area contributed by atoms with Crippen LogP contribution in [-0.2, 0) is 6.54 Å². The summed E-state index contributed by atoms with van der Waals surface area (Å²) in [5, 5.41) is 5.43. The van der Waals surface area contributed by atoms with Gasteiger partial charge in [-0.05, 0) is 13.8 Å². The monoisotopic (exact) mass is 196 g/mol. The SMILES string of the molecule is CCn1ncc2c(Cl)nc(C)nc21. The number of rotatable bonds is 1. The maximum atomic E-state index is 5.93. The third-order valence-corrected chi connectivity index (χ3v) is 2.15. The van der Waals surface area contributed by atoms with E-state index in [9.17, 15) is 0 Å². The molecule has 0 unspecified atom stereocenters. The number of hydrogen-bond donors (Lipinski definition) is 0. The Labute approximate surface area is 80.6 Å². The van der Waals surface area contributed by atoms with Crippen LogP contribution in [0, 0.1) is 6.92 Å². The smallest absolute Gasteiger partial charge is 0.162 e. The van der Waals surface area contributed by atoms with Crippen LogP contribution in [0.5, 0.6) is 0 Å². The van der Waals surface area contributed by atoms with Crippen molar-refractivity contribution in [3.8, 4) is 0 Å². The van der Waals surface area contributed by atoms with Crippen LogP contribution in [0.4, 0.5) is 0 Å². The summed E-state index contributed by atoms with van der Waals surface area (Å²) in [4.78, 5) is 8.32. The lowest BCUT2D eigenvalue weighted by Gasteiger charge is -1.98. The fourth-order valence-corrected chi connectivity index (χ4v) is 1.51. The molecule has 2 aromatic heterocycles. The number of aromatic nitrogens is 4. The van der Waals surface area contributed by atoms with Gasteiger partial charge in [-0.15, -0.1) is 0 Å². The van der Waals surface area contributed by atoms with Gasteiger partial charge in [0.2, 0.25) is 0 Å². The number of aryl methyl sites for hydroxylation is 2. The zero-order valence-electron chi connectivity index (χ0n) is 7.45. The molecule has 0 bridgehead atoms. The van der Waals surface area contributed by atoms with Crippen molar-refractivity contribution in [3.05, 3.63) is 17.2 Å². The van der Waals surface area contributed by atoms with E-state index in [1.165, 1.54) is 0 Å². The van der Waals surface area contributed by atoms with Crippen LogP contribution in [0.25, 0.3) is 11.0 Å². The Kier molecular flexibility index (Phi) is 1.92. The molecule has 68 valence electrons. The Balaban J connectivity index is 2.82. The summed E-state index contributed by atoms with van der Waals surface area (Å²) in [7, 11) is 0. The van der Waals surface area contributed by atoms with Crippen molar-refractivity contribution in [1.82, 2.24) is 19.7 Å². The Hall–Kier alpha value is -1.16. The highest BCUT2D eigenvalue weighted by Gasteiger charge is 2.07. The molecular formula is C8H9ClN4. The van der Waals surface area contributed by atoms with E-state index < -0.39 is 0 Å². The molecule has 0 aliphatic heterocycles. The quantitative estimate of drug-likeness (QED) is 0.654. The lowest BCUT2D eigenvalue weighted by molar-refractivity contribution is 0.675. The van der Waals surface area contributed by atoms with Gasteiger partial charge in [-0.2, -0.15) is 5.10 Å². The summed E-state index contributed by atoms with van der Waals surface area (Å²) >= 11 is 5.93. The van der Waals surface area contributed by atoms with Gasteiger partial charge in [0.15, 0.2) is 5.65 Å². The molecule has 5 heteroatoms. The van der Waals surface area contributed by atoms with E-state index in [4.69, 9.17) is 11.6 Å². The molecule has 0 spiro atoms. The fourth-order valence-electron chi connectivity index (χ4n) is 1.25. The molecule has 2 rings (SSSR count). The molecule has 2 heterocycles. The van der Waals surface area contributed by atoms with E-state index in [1.54, 1.807) is 10.9 Å². The van der Waals surface area contributed by atoms with Crippen molar-refractivity contribution < 1.29 is 0 Å². The molecule has 0 saturated carbocycles. The molecule has 0 atom stereocenters. The van der Waals surface area contributed by atoms with Gasteiger partial charge in [-0.3, -0.25) is 0 Å². The first kappa shape index (κ1) is 8.44. The van der Waals surface area contributed by atoms with Crippen molar-refractivity contribution >= 4 is 22.6 Å². The van der Waals surface area contributed by atoms with Gasteiger partial charge in [0.05, 0.1) is 11.6 Å². The van der Waals surface area contributed by atoms with E-state index >= 15 is 0 Å². The first-order chi connectivity index (χ1) is 6.22. The number of hydrogen-bond acceptors (Lipinski definition) is 3. The molecule has 0 aliphatic rings. The highest BCUT2D eigenvalue weighted by molar-refractivity contribution is 6.33. The van der Waals surface area contributed by atoms with Crippen molar-refractivity contribution in [3.63, 3.8) is 0 Å². The van der Waals surface area contributed by atoms with Gasteiger partial charge in [0, 0.05) is 6.54 Å². The van der Waals surface area contributed by atoms with Crippen LogP contribution in [0.2, 0.25) is 5.15 Å². The Morgan fingerprint density at radius 1 is 1.46 bits per heavy atom. The Morgan fingerprint density at radius 2 is 2.23 bits per heavy atom. The molecule has 0 aromatic carbocycles.